The van der Waals surface area contributed by atoms with Crippen LogP contribution in [0.3, 0.4) is 0 Å². The molecule has 11 nitrogen and oxygen atoms in total. The van der Waals surface area contributed by atoms with Gasteiger partial charge in [-0.15, -0.1) is 0 Å². The number of carbonyl (C=O) groups is 5. The first-order chi connectivity index (χ1) is 14.3. The van der Waals surface area contributed by atoms with Crippen molar-refractivity contribution in [3.63, 3.8) is 0 Å². The molecule has 0 aromatic heterocycles. The maximum absolute atomic E-state index is 12.5. The average molecular weight is 463 g/mol. The Labute approximate surface area is 187 Å². The van der Waals surface area contributed by atoms with E-state index in [2.05, 4.69) is 28.6 Å². The summed E-state index contributed by atoms with van der Waals surface area (Å²) in [5.74, 6) is -5.04. The summed E-state index contributed by atoms with van der Waals surface area (Å²) < 4.78 is 0. The summed E-state index contributed by atoms with van der Waals surface area (Å²) in [6.45, 7) is 7.30. The molecule has 12 heteroatoms. The number of carboxylic acids is 2. The summed E-state index contributed by atoms with van der Waals surface area (Å²) in [7, 11) is 0. The van der Waals surface area contributed by atoms with Crippen LogP contribution in [-0.4, -0.2) is 69.8 Å². The van der Waals surface area contributed by atoms with E-state index < -0.39 is 60.2 Å². The predicted molar refractivity (Wildman–Crippen MR) is 116 cm³/mol. The number of thiol groups is 1. The Morgan fingerprint density at radius 2 is 1.23 bits per heavy atom. The van der Waals surface area contributed by atoms with Crippen molar-refractivity contribution in [1.29, 1.82) is 0 Å². The number of carbonyl (C=O) groups excluding carboxylic acids is 3. The summed E-state index contributed by atoms with van der Waals surface area (Å²) in [6.07, 6.45) is -0.257. The highest BCUT2D eigenvalue weighted by atomic mass is 32.1. The normalized spacial score (nSPS) is 15.0. The second kappa shape index (κ2) is 13.9. The third-order valence-electron chi connectivity index (χ3n) is 4.21. The number of hydrogen-bond acceptors (Lipinski definition) is 7. The minimum atomic E-state index is -1.54. The van der Waals surface area contributed by atoms with Gasteiger partial charge in [0.15, 0.2) is 0 Å². The molecular formula is C19H34N4O7S. The molecular weight excluding hydrogens is 428 g/mol. The molecule has 0 aromatic rings. The maximum Gasteiger partial charge on any atom is 0.326 e. The number of nitrogens with two attached hydrogens (primary N) is 1. The van der Waals surface area contributed by atoms with Gasteiger partial charge in [0.2, 0.25) is 17.7 Å². The van der Waals surface area contributed by atoms with E-state index in [1.54, 1.807) is 13.8 Å². The van der Waals surface area contributed by atoms with Gasteiger partial charge in [0.1, 0.15) is 18.1 Å². The monoisotopic (exact) mass is 462 g/mol. The molecule has 3 amide bonds. The molecule has 0 saturated heterocycles. The summed E-state index contributed by atoms with van der Waals surface area (Å²) in [5, 5.41) is 25.3. The van der Waals surface area contributed by atoms with Crippen LogP contribution >= 0.6 is 12.6 Å². The lowest BCUT2D eigenvalue weighted by molar-refractivity contribution is -0.144. The van der Waals surface area contributed by atoms with Crippen molar-refractivity contribution in [3.05, 3.63) is 0 Å². The van der Waals surface area contributed by atoms with Crippen LogP contribution in [0.2, 0.25) is 0 Å². The fraction of sp³-hybridized carbons (Fsp3) is 0.737. The van der Waals surface area contributed by atoms with Gasteiger partial charge in [0.05, 0.1) is 12.5 Å². The number of aliphatic carboxylic acids is 2. The van der Waals surface area contributed by atoms with Crippen molar-refractivity contribution < 1.29 is 34.2 Å². The number of carboxylic acid groups (broad SMARTS) is 2. The Balaban J connectivity index is 5.28. The minimum Gasteiger partial charge on any atom is -0.481 e. The van der Waals surface area contributed by atoms with E-state index in [4.69, 9.17) is 10.8 Å². The Bertz CT molecular complexity index is 657. The van der Waals surface area contributed by atoms with Gasteiger partial charge in [-0.05, 0) is 24.7 Å². The molecule has 4 atom stereocenters. The van der Waals surface area contributed by atoms with Gasteiger partial charge in [-0.1, -0.05) is 27.7 Å². The van der Waals surface area contributed by atoms with Crippen LogP contribution in [0, 0.1) is 11.8 Å². The molecule has 0 aliphatic rings. The first-order valence-electron chi connectivity index (χ1n) is 10.0. The predicted octanol–water partition coefficient (Wildman–Crippen LogP) is -0.651. The third-order valence-corrected chi connectivity index (χ3v) is 4.58. The van der Waals surface area contributed by atoms with E-state index in [1.165, 1.54) is 0 Å². The number of nitrogens with one attached hydrogen (secondary N) is 3. The zero-order valence-electron chi connectivity index (χ0n) is 18.3. The molecule has 31 heavy (non-hydrogen) atoms. The van der Waals surface area contributed by atoms with Gasteiger partial charge in [-0.25, -0.2) is 4.79 Å². The number of rotatable bonds is 14. The first kappa shape index (κ1) is 28.7. The standard InChI is InChI=1S/C19H34N4O7S/c1-9(2)5-11(20)16(26)23-14(8-31)18(28)21-12(7-15(24)25)17(27)22-13(19(29)30)6-10(3)4/h9-14,31H,5-8,20H2,1-4H3,(H,21,28)(H,22,27)(H,23,26)(H,24,25)(H,29,30). The smallest absolute Gasteiger partial charge is 0.326 e. The van der Waals surface area contributed by atoms with Gasteiger partial charge < -0.3 is 31.9 Å². The summed E-state index contributed by atoms with van der Waals surface area (Å²) in [6, 6.07) is -4.79. The van der Waals surface area contributed by atoms with E-state index in [0.29, 0.717) is 6.42 Å². The van der Waals surface area contributed by atoms with E-state index in [9.17, 15) is 29.1 Å². The van der Waals surface area contributed by atoms with Crippen molar-refractivity contribution in [2.45, 2.75) is 71.1 Å². The Hall–Kier alpha value is -2.34. The molecule has 0 radical (unpaired) electrons. The van der Waals surface area contributed by atoms with Gasteiger partial charge in [0, 0.05) is 5.75 Å². The SMILES string of the molecule is CC(C)CC(N)C(=O)NC(CS)C(=O)NC(CC(=O)O)C(=O)NC(CC(C)C)C(=O)O. The highest BCUT2D eigenvalue weighted by Gasteiger charge is 2.31. The van der Waals surface area contributed by atoms with Crippen LogP contribution in [0.25, 0.3) is 0 Å². The summed E-state index contributed by atoms with van der Waals surface area (Å²) in [4.78, 5) is 59.7. The van der Waals surface area contributed by atoms with E-state index >= 15 is 0 Å². The van der Waals surface area contributed by atoms with Crippen LogP contribution < -0.4 is 21.7 Å². The molecule has 0 aliphatic heterocycles. The zero-order chi connectivity index (χ0) is 24.3. The number of amides is 3. The Kier molecular flexibility index (Phi) is 12.8. The Morgan fingerprint density at radius 3 is 1.65 bits per heavy atom. The van der Waals surface area contributed by atoms with Crippen molar-refractivity contribution in [3.8, 4) is 0 Å². The third kappa shape index (κ3) is 11.6. The lowest BCUT2D eigenvalue weighted by Crippen LogP contribution is -2.58. The zero-order valence-corrected chi connectivity index (χ0v) is 19.1. The molecule has 7 N–H and O–H groups in total. The molecule has 0 heterocycles. The maximum atomic E-state index is 12.5. The van der Waals surface area contributed by atoms with Gasteiger partial charge in [-0.3, -0.25) is 19.2 Å². The second-order valence-electron chi connectivity index (χ2n) is 8.17. The first-order valence-corrected chi connectivity index (χ1v) is 10.6. The van der Waals surface area contributed by atoms with Gasteiger partial charge >= 0.3 is 11.9 Å². The molecule has 4 unspecified atom stereocenters. The molecule has 0 spiro atoms. The molecule has 0 saturated carbocycles. The molecule has 0 aromatic carbocycles. The topological polar surface area (TPSA) is 188 Å². The van der Waals surface area contributed by atoms with E-state index in [0.717, 1.165) is 0 Å². The van der Waals surface area contributed by atoms with Gasteiger partial charge in [-0.2, -0.15) is 12.6 Å². The molecule has 0 rings (SSSR count). The summed E-state index contributed by atoms with van der Waals surface area (Å²) >= 11 is 4.02. The van der Waals surface area contributed by atoms with Crippen molar-refractivity contribution in [2.24, 2.45) is 17.6 Å². The molecule has 0 bridgehead atoms. The molecule has 178 valence electrons. The Morgan fingerprint density at radius 1 is 0.774 bits per heavy atom. The van der Waals surface area contributed by atoms with E-state index in [-0.39, 0.29) is 24.0 Å². The van der Waals surface area contributed by atoms with Crippen molar-refractivity contribution in [1.82, 2.24) is 16.0 Å². The van der Waals surface area contributed by atoms with E-state index in [1.807, 2.05) is 13.8 Å². The second-order valence-corrected chi connectivity index (χ2v) is 8.53. The minimum absolute atomic E-state index is 0.0484. The quantitative estimate of drug-likeness (QED) is 0.166. The van der Waals surface area contributed by atoms with Crippen LogP contribution in [0.4, 0.5) is 0 Å². The van der Waals surface area contributed by atoms with Gasteiger partial charge in [0.25, 0.3) is 0 Å². The van der Waals surface area contributed by atoms with Crippen molar-refractivity contribution in [2.75, 3.05) is 5.75 Å². The van der Waals surface area contributed by atoms with Crippen LogP contribution in [-0.2, 0) is 24.0 Å². The summed E-state index contributed by atoms with van der Waals surface area (Å²) in [5.41, 5.74) is 5.79. The molecule has 0 aliphatic carbocycles. The lowest BCUT2D eigenvalue weighted by Gasteiger charge is -2.24. The van der Waals surface area contributed by atoms with Crippen LogP contribution in [0.15, 0.2) is 0 Å². The lowest BCUT2D eigenvalue weighted by atomic mass is 10.0. The van der Waals surface area contributed by atoms with Crippen LogP contribution in [0.5, 0.6) is 0 Å². The largest absolute Gasteiger partial charge is 0.481 e. The highest BCUT2D eigenvalue weighted by Crippen LogP contribution is 2.07. The van der Waals surface area contributed by atoms with Crippen LogP contribution in [0.1, 0.15) is 47.0 Å². The fourth-order valence-electron chi connectivity index (χ4n) is 2.71. The van der Waals surface area contributed by atoms with Crippen molar-refractivity contribution >= 4 is 42.3 Å². The average Bonchev–Trinajstić information content (AvgIpc) is 2.62. The highest BCUT2D eigenvalue weighted by molar-refractivity contribution is 7.80. The fourth-order valence-corrected chi connectivity index (χ4v) is 2.97. The number of hydrogen-bond donors (Lipinski definition) is 7. The molecule has 0 fully saturated rings.